The van der Waals surface area contributed by atoms with Crippen molar-refractivity contribution in [1.29, 1.82) is 0 Å². The Labute approximate surface area is 174 Å². The molecule has 8 heteroatoms. The van der Waals surface area contributed by atoms with Crippen LogP contribution in [0.3, 0.4) is 0 Å². The second-order valence-electron chi connectivity index (χ2n) is 7.32. The van der Waals surface area contributed by atoms with E-state index in [4.69, 9.17) is 0 Å². The van der Waals surface area contributed by atoms with E-state index in [2.05, 4.69) is 24.0 Å². The average molecular weight is 425 g/mol. The van der Waals surface area contributed by atoms with E-state index >= 15 is 0 Å². The summed E-state index contributed by atoms with van der Waals surface area (Å²) in [6.45, 7) is 4.13. The number of hydrogen-bond donors (Lipinski definition) is 0. The van der Waals surface area contributed by atoms with E-state index in [1.54, 1.807) is 40.9 Å². The SMILES string of the molecule is CC(C)c1ccc(N(Cc2cccc(F)c2)S(=O)(=O)c2cccn3cnnc23)cc1. The summed E-state index contributed by atoms with van der Waals surface area (Å²) in [7, 11) is -4.01. The van der Waals surface area contributed by atoms with Crippen LogP contribution in [0.25, 0.3) is 5.65 Å². The van der Waals surface area contributed by atoms with Crippen LogP contribution in [0.5, 0.6) is 0 Å². The Bertz CT molecular complexity index is 1280. The molecule has 0 fully saturated rings. The minimum absolute atomic E-state index is 0.0175. The first-order valence-corrected chi connectivity index (χ1v) is 11.0. The Morgan fingerprint density at radius 1 is 1.07 bits per heavy atom. The molecule has 0 unspecified atom stereocenters. The zero-order valence-electron chi connectivity index (χ0n) is 16.6. The quantitative estimate of drug-likeness (QED) is 0.460. The van der Waals surface area contributed by atoms with E-state index in [-0.39, 0.29) is 17.1 Å². The van der Waals surface area contributed by atoms with Gasteiger partial charge < -0.3 is 0 Å². The van der Waals surface area contributed by atoms with Crippen LogP contribution in [-0.4, -0.2) is 23.0 Å². The Balaban J connectivity index is 1.84. The first-order valence-electron chi connectivity index (χ1n) is 9.52. The molecular formula is C22H21FN4O2S. The van der Waals surface area contributed by atoms with Crippen molar-refractivity contribution >= 4 is 21.4 Å². The van der Waals surface area contributed by atoms with Gasteiger partial charge in [-0.15, -0.1) is 10.2 Å². The lowest BCUT2D eigenvalue weighted by Gasteiger charge is -2.25. The fourth-order valence-corrected chi connectivity index (χ4v) is 4.87. The lowest BCUT2D eigenvalue weighted by atomic mass is 10.0. The van der Waals surface area contributed by atoms with Gasteiger partial charge in [-0.25, -0.2) is 12.8 Å². The number of pyridine rings is 1. The number of halogens is 1. The minimum atomic E-state index is -4.01. The summed E-state index contributed by atoms with van der Waals surface area (Å²) >= 11 is 0. The van der Waals surface area contributed by atoms with Gasteiger partial charge in [-0.05, 0) is 53.4 Å². The topological polar surface area (TPSA) is 67.6 Å². The molecular weight excluding hydrogens is 403 g/mol. The van der Waals surface area contributed by atoms with Crippen LogP contribution in [-0.2, 0) is 16.6 Å². The predicted molar refractivity (Wildman–Crippen MR) is 113 cm³/mol. The molecule has 6 nitrogen and oxygen atoms in total. The predicted octanol–water partition coefficient (Wildman–Crippen LogP) is 4.39. The Morgan fingerprint density at radius 3 is 2.53 bits per heavy atom. The van der Waals surface area contributed by atoms with E-state index in [9.17, 15) is 12.8 Å². The van der Waals surface area contributed by atoms with E-state index in [1.165, 1.54) is 28.8 Å². The zero-order chi connectivity index (χ0) is 21.3. The molecule has 0 aliphatic rings. The summed E-state index contributed by atoms with van der Waals surface area (Å²) in [5.74, 6) is -0.100. The van der Waals surface area contributed by atoms with Crippen LogP contribution in [0, 0.1) is 5.82 Å². The van der Waals surface area contributed by atoms with Crippen molar-refractivity contribution in [3.05, 3.63) is 90.1 Å². The Morgan fingerprint density at radius 2 is 1.83 bits per heavy atom. The monoisotopic (exact) mass is 424 g/mol. The van der Waals surface area contributed by atoms with Crippen molar-refractivity contribution in [1.82, 2.24) is 14.6 Å². The van der Waals surface area contributed by atoms with Crippen LogP contribution in [0.1, 0.15) is 30.9 Å². The lowest BCUT2D eigenvalue weighted by Crippen LogP contribution is -2.31. The normalized spacial score (nSPS) is 11.9. The third-order valence-corrected chi connectivity index (χ3v) is 6.71. The molecule has 0 saturated carbocycles. The van der Waals surface area contributed by atoms with Gasteiger partial charge in [0.1, 0.15) is 17.0 Å². The van der Waals surface area contributed by atoms with Crippen molar-refractivity contribution in [2.75, 3.05) is 4.31 Å². The maximum absolute atomic E-state index is 13.8. The molecule has 4 rings (SSSR count). The summed E-state index contributed by atoms with van der Waals surface area (Å²) in [6, 6.07) is 16.4. The van der Waals surface area contributed by atoms with Gasteiger partial charge in [0.25, 0.3) is 10.0 Å². The largest absolute Gasteiger partial charge is 0.288 e. The van der Waals surface area contributed by atoms with Gasteiger partial charge in [0.05, 0.1) is 12.2 Å². The molecule has 2 aromatic carbocycles. The summed E-state index contributed by atoms with van der Waals surface area (Å²) in [6.07, 6.45) is 3.13. The van der Waals surface area contributed by atoms with Crippen LogP contribution in [0.4, 0.5) is 10.1 Å². The number of benzene rings is 2. The first kappa shape index (κ1) is 20.0. The van der Waals surface area contributed by atoms with Crippen molar-refractivity contribution in [2.45, 2.75) is 31.2 Å². The molecule has 154 valence electrons. The highest BCUT2D eigenvalue weighted by atomic mass is 32.2. The van der Waals surface area contributed by atoms with Crippen LogP contribution < -0.4 is 4.31 Å². The van der Waals surface area contributed by atoms with E-state index in [0.29, 0.717) is 17.2 Å². The lowest BCUT2D eigenvalue weighted by molar-refractivity contribution is 0.590. The second kappa shape index (κ2) is 7.87. The van der Waals surface area contributed by atoms with Crippen molar-refractivity contribution in [2.24, 2.45) is 0 Å². The molecule has 0 bridgehead atoms. The highest BCUT2D eigenvalue weighted by molar-refractivity contribution is 7.93. The molecule has 0 radical (unpaired) electrons. The van der Waals surface area contributed by atoms with Gasteiger partial charge in [-0.1, -0.05) is 38.1 Å². The summed E-state index contributed by atoms with van der Waals surface area (Å²) in [5.41, 5.74) is 2.37. The molecule has 4 aromatic rings. The highest BCUT2D eigenvalue weighted by Crippen LogP contribution is 2.29. The molecule has 30 heavy (non-hydrogen) atoms. The number of sulfonamides is 1. The van der Waals surface area contributed by atoms with Gasteiger partial charge >= 0.3 is 0 Å². The summed E-state index contributed by atoms with van der Waals surface area (Å²) in [4.78, 5) is 0.0341. The zero-order valence-corrected chi connectivity index (χ0v) is 17.4. The third-order valence-electron chi connectivity index (χ3n) is 4.92. The first-order chi connectivity index (χ1) is 14.4. The van der Waals surface area contributed by atoms with Gasteiger partial charge in [0.2, 0.25) is 0 Å². The van der Waals surface area contributed by atoms with Crippen molar-refractivity contribution in [3.8, 4) is 0 Å². The fraction of sp³-hybridized carbons (Fsp3) is 0.182. The van der Waals surface area contributed by atoms with Gasteiger partial charge in [-0.2, -0.15) is 0 Å². The Kier molecular flexibility index (Phi) is 5.26. The van der Waals surface area contributed by atoms with Crippen molar-refractivity contribution in [3.63, 3.8) is 0 Å². The standard InChI is InChI=1S/C22H21FN4O2S/c1-16(2)18-8-10-20(11-9-18)27(14-17-5-3-6-19(23)13-17)30(28,29)21-7-4-12-26-15-24-25-22(21)26/h3-13,15-16H,14H2,1-2H3. The van der Waals surface area contributed by atoms with E-state index in [0.717, 1.165) is 5.56 Å². The maximum atomic E-state index is 13.8. The molecule has 0 N–H and O–H groups in total. The molecule has 0 saturated heterocycles. The molecule has 0 amide bonds. The summed E-state index contributed by atoms with van der Waals surface area (Å²) < 4.78 is 44.0. The maximum Gasteiger partial charge on any atom is 0.268 e. The minimum Gasteiger partial charge on any atom is -0.288 e. The molecule has 2 aromatic heterocycles. The van der Waals surface area contributed by atoms with Gasteiger partial charge in [0.15, 0.2) is 5.65 Å². The van der Waals surface area contributed by atoms with Crippen LogP contribution in [0.2, 0.25) is 0 Å². The molecule has 0 aliphatic heterocycles. The van der Waals surface area contributed by atoms with E-state index in [1.807, 2.05) is 12.1 Å². The smallest absolute Gasteiger partial charge is 0.268 e. The second-order valence-corrected chi connectivity index (χ2v) is 9.15. The number of aromatic nitrogens is 3. The number of nitrogens with zero attached hydrogens (tertiary/aromatic N) is 4. The number of hydrogen-bond acceptors (Lipinski definition) is 4. The highest BCUT2D eigenvalue weighted by Gasteiger charge is 2.28. The fourth-order valence-electron chi connectivity index (χ4n) is 3.29. The van der Waals surface area contributed by atoms with Crippen LogP contribution >= 0.6 is 0 Å². The molecule has 0 spiro atoms. The summed E-state index contributed by atoms with van der Waals surface area (Å²) in [5, 5.41) is 7.78. The van der Waals surface area contributed by atoms with Crippen LogP contribution in [0.15, 0.2) is 78.1 Å². The van der Waals surface area contributed by atoms with E-state index < -0.39 is 15.8 Å². The average Bonchev–Trinajstić information content (AvgIpc) is 3.21. The molecule has 0 aliphatic carbocycles. The van der Waals surface area contributed by atoms with Gasteiger partial charge in [0, 0.05) is 6.20 Å². The molecule has 2 heterocycles. The number of fused-ring (bicyclic) bond motifs is 1. The third kappa shape index (κ3) is 3.78. The van der Waals surface area contributed by atoms with Crippen molar-refractivity contribution < 1.29 is 12.8 Å². The molecule has 0 atom stereocenters. The Hall–Kier alpha value is -3.26. The van der Waals surface area contributed by atoms with Gasteiger partial charge in [-0.3, -0.25) is 8.71 Å². The number of anilines is 1. The number of rotatable bonds is 6.